The molecule has 0 aliphatic carbocycles. The van der Waals surface area contributed by atoms with Crippen molar-refractivity contribution in [3.63, 3.8) is 0 Å². The van der Waals surface area contributed by atoms with Crippen LogP contribution in [0.1, 0.15) is 57.1 Å². The lowest BCUT2D eigenvalue weighted by Gasteiger charge is -2.19. The number of amides is 1. The maximum Gasteiger partial charge on any atom is 0.409 e. The maximum atomic E-state index is 11.0. The summed E-state index contributed by atoms with van der Waals surface area (Å²) in [4.78, 5) is 11.0. The molecule has 0 unspecified atom stereocenters. The Kier molecular flexibility index (Phi) is 4.55. The van der Waals surface area contributed by atoms with E-state index in [0.717, 1.165) is 17.5 Å². The summed E-state index contributed by atoms with van der Waals surface area (Å²) in [5.41, 5.74) is 7.23. The molecule has 0 radical (unpaired) electrons. The van der Waals surface area contributed by atoms with Gasteiger partial charge in [-0.25, -0.2) is 4.79 Å². The van der Waals surface area contributed by atoms with E-state index in [1.165, 1.54) is 0 Å². The molecule has 0 spiro atoms. The third-order valence-corrected chi connectivity index (χ3v) is 3.04. The second kappa shape index (κ2) is 5.71. The molecule has 0 aliphatic rings. The van der Waals surface area contributed by atoms with Crippen LogP contribution < -0.4 is 10.5 Å². The zero-order valence-electron chi connectivity index (χ0n) is 11.0. The third-order valence-electron chi connectivity index (χ3n) is 3.04. The number of para-hydroxylation sites is 1. The Labute approximate surface area is 103 Å². The van der Waals surface area contributed by atoms with Crippen LogP contribution in [0, 0.1) is 0 Å². The smallest absolute Gasteiger partial charge is 0.409 e. The van der Waals surface area contributed by atoms with Crippen molar-refractivity contribution < 1.29 is 9.53 Å². The zero-order valence-corrected chi connectivity index (χ0v) is 11.0. The Morgan fingerprint density at radius 2 is 1.88 bits per heavy atom. The molecular formula is C14H21NO2. The highest BCUT2D eigenvalue weighted by Gasteiger charge is 2.17. The maximum absolute atomic E-state index is 11.0. The van der Waals surface area contributed by atoms with Crippen molar-refractivity contribution in [3.05, 3.63) is 29.3 Å². The summed E-state index contributed by atoms with van der Waals surface area (Å²) in [7, 11) is 0. The molecule has 3 heteroatoms. The van der Waals surface area contributed by atoms with E-state index in [1.807, 2.05) is 18.2 Å². The molecule has 17 heavy (non-hydrogen) atoms. The summed E-state index contributed by atoms with van der Waals surface area (Å²) in [6.07, 6.45) is 0.249. The van der Waals surface area contributed by atoms with Gasteiger partial charge in [-0.3, -0.25) is 0 Å². The standard InChI is InChI=1S/C14H21NO2/c1-5-10(4)12-8-6-7-11(9(2)3)13(12)17-14(15)16/h6-10H,5H2,1-4H3,(H2,15,16)/t10-/m0/s1. The summed E-state index contributed by atoms with van der Waals surface area (Å²) in [6, 6.07) is 5.98. The second-order valence-electron chi connectivity index (χ2n) is 4.65. The van der Waals surface area contributed by atoms with E-state index in [4.69, 9.17) is 10.5 Å². The average Bonchev–Trinajstić information content (AvgIpc) is 2.27. The molecule has 0 aromatic heterocycles. The predicted molar refractivity (Wildman–Crippen MR) is 69.4 cm³/mol. The molecule has 1 rings (SSSR count). The average molecular weight is 235 g/mol. The van der Waals surface area contributed by atoms with Gasteiger partial charge >= 0.3 is 6.09 Å². The van der Waals surface area contributed by atoms with Gasteiger partial charge in [-0.05, 0) is 29.4 Å². The lowest BCUT2D eigenvalue weighted by Crippen LogP contribution is -2.18. The fourth-order valence-corrected chi connectivity index (χ4v) is 1.85. The minimum absolute atomic E-state index is 0.299. The van der Waals surface area contributed by atoms with E-state index in [1.54, 1.807) is 0 Å². The van der Waals surface area contributed by atoms with Crippen LogP contribution in [0.2, 0.25) is 0 Å². The lowest BCUT2D eigenvalue weighted by molar-refractivity contribution is 0.209. The first kappa shape index (κ1) is 13.6. The van der Waals surface area contributed by atoms with Gasteiger partial charge in [0, 0.05) is 0 Å². The molecular weight excluding hydrogens is 214 g/mol. The summed E-state index contributed by atoms with van der Waals surface area (Å²) >= 11 is 0. The monoisotopic (exact) mass is 235 g/mol. The Morgan fingerprint density at radius 1 is 1.29 bits per heavy atom. The van der Waals surface area contributed by atoms with Crippen LogP contribution in [0.25, 0.3) is 0 Å². The van der Waals surface area contributed by atoms with Crippen LogP contribution in [-0.4, -0.2) is 6.09 Å². The van der Waals surface area contributed by atoms with Crippen molar-refractivity contribution in [2.45, 2.75) is 46.0 Å². The van der Waals surface area contributed by atoms with Gasteiger partial charge in [0.25, 0.3) is 0 Å². The molecule has 0 heterocycles. The second-order valence-corrected chi connectivity index (χ2v) is 4.65. The molecule has 0 aliphatic heterocycles. The predicted octanol–water partition coefficient (Wildman–Crippen LogP) is 3.78. The van der Waals surface area contributed by atoms with E-state index < -0.39 is 6.09 Å². The van der Waals surface area contributed by atoms with E-state index in [0.29, 0.717) is 17.6 Å². The molecule has 94 valence electrons. The highest BCUT2D eigenvalue weighted by Crippen LogP contribution is 2.35. The SMILES string of the molecule is CC[C@H](C)c1cccc(C(C)C)c1OC(N)=O. The van der Waals surface area contributed by atoms with Crippen LogP contribution in [0.3, 0.4) is 0 Å². The first-order valence-electron chi connectivity index (χ1n) is 6.07. The molecule has 1 aromatic carbocycles. The number of carbonyl (C=O) groups excluding carboxylic acids is 1. The van der Waals surface area contributed by atoms with Crippen LogP contribution >= 0.6 is 0 Å². The first-order chi connectivity index (χ1) is 7.97. The number of nitrogens with two attached hydrogens (primary N) is 1. The number of rotatable bonds is 4. The third kappa shape index (κ3) is 3.22. The summed E-state index contributed by atoms with van der Waals surface area (Å²) in [5, 5.41) is 0. The minimum atomic E-state index is -0.748. The summed E-state index contributed by atoms with van der Waals surface area (Å²) < 4.78 is 5.20. The highest BCUT2D eigenvalue weighted by molar-refractivity contribution is 5.69. The van der Waals surface area contributed by atoms with E-state index in [2.05, 4.69) is 27.7 Å². The highest BCUT2D eigenvalue weighted by atomic mass is 16.5. The Hall–Kier alpha value is -1.51. The van der Waals surface area contributed by atoms with Gasteiger partial charge in [0.2, 0.25) is 0 Å². The van der Waals surface area contributed by atoms with Crippen molar-refractivity contribution in [1.82, 2.24) is 0 Å². The Balaban J connectivity index is 3.28. The summed E-state index contributed by atoms with van der Waals surface area (Å²) in [6.45, 7) is 8.38. The Morgan fingerprint density at radius 3 is 2.35 bits per heavy atom. The van der Waals surface area contributed by atoms with Gasteiger partial charge in [0.1, 0.15) is 5.75 Å². The quantitative estimate of drug-likeness (QED) is 0.863. The Bertz CT molecular complexity index is 399. The van der Waals surface area contributed by atoms with Crippen LogP contribution in [-0.2, 0) is 0 Å². The molecule has 3 nitrogen and oxygen atoms in total. The van der Waals surface area contributed by atoms with Crippen LogP contribution in [0.5, 0.6) is 5.75 Å². The molecule has 0 bridgehead atoms. The topological polar surface area (TPSA) is 52.3 Å². The van der Waals surface area contributed by atoms with Gasteiger partial charge in [-0.1, -0.05) is 45.9 Å². The lowest BCUT2D eigenvalue weighted by atomic mass is 9.92. The largest absolute Gasteiger partial charge is 0.410 e. The zero-order chi connectivity index (χ0) is 13.0. The van der Waals surface area contributed by atoms with Crippen molar-refractivity contribution in [3.8, 4) is 5.75 Å². The number of benzene rings is 1. The fourth-order valence-electron chi connectivity index (χ4n) is 1.85. The molecule has 2 N–H and O–H groups in total. The summed E-state index contributed by atoms with van der Waals surface area (Å²) in [5.74, 6) is 1.29. The van der Waals surface area contributed by atoms with Gasteiger partial charge in [0.05, 0.1) is 0 Å². The van der Waals surface area contributed by atoms with Crippen LogP contribution in [0.4, 0.5) is 4.79 Å². The van der Waals surface area contributed by atoms with Gasteiger partial charge < -0.3 is 10.5 Å². The van der Waals surface area contributed by atoms with Gasteiger partial charge in [0.15, 0.2) is 0 Å². The minimum Gasteiger partial charge on any atom is -0.410 e. The number of primary amides is 1. The van der Waals surface area contributed by atoms with Gasteiger partial charge in [-0.2, -0.15) is 0 Å². The van der Waals surface area contributed by atoms with Crippen LogP contribution in [0.15, 0.2) is 18.2 Å². The number of ether oxygens (including phenoxy) is 1. The molecule has 1 aromatic rings. The van der Waals surface area contributed by atoms with Crippen molar-refractivity contribution in [1.29, 1.82) is 0 Å². The molecule has 0 fully saturated rings. The van der Waals surface area contributed by atoms with E-state index >= 15 is 0 Å². The normalized spacial score (nSPS) is 12.5. The molecule has 1 atom stereocenters. The molecule has 1 amide bonds. The number of carbonyl (C=O) groups is 1. The molecule has 0 saturated heterocycles. The molecule has 0 saturated carbocycles. The van der Waals surface area contributed by atoms with Crippen molar-refractivity contribution >= 4 is 6.09 Å². The first-order valence-corrected chi connectivity index (χ1v) is 6.07. The van der Waals surface area contributed by atoms with Crippen molar-refractivity contribution in [2.24, 2.45) is 5.73 Å². The number of hydrogen-bond donors (Lipinski definition) is 1. The van der Waals surface area contributed by atoms with E-state index in [9.17, 15) is 4.79 Å². The fraction of sp³-hybridized carbons (Fsp3) is 0.500. The number of hydrogen-bond acceptors (Lipinski definition) is 2. The van der Waals surface area contributed by atoms with Crippen molar-refractivity contribution in [2.75, 3.05) is 0 Å². The van der Waals surface area contributed by atoms with E-state index in [-0.39, 0.29) is 0 Å². The van der Waals surface area contributed by atoms with Gasteiger partial charge in [-0.15, -0.1) is 0 Å².